The first-order chi connectivity index (χ1) is 9.07. The van der Waals surface area contributed by atoms with Crippen LogP contribution in [0.1, 0.15) is 19.3 Å². The van der Waals surface area contributed by atoms with E-state index in [0.29, 0.717) is 18.8 Å². The molecule has 5 nitrogen and oxygen atoms in total. The molecular formula is C13H21N3O2S. The van der Waals surface area contributed by atoms with Gasteiger partial charge in [-0.3, -0.25) is 4.31 Å². The summed E-state index contributed by atoms with van der Waals surface area (Å²) in [4.78, 5) is 0. The van der Waals surface area contributed by atoms with Gasteiger partial charge in [-0.25, -0.2) is 0 Å². The van der Waals surface area contributed by atoms with Crippen molar-refractivity contribution in [2.45, 2.75) is 25.3 Å². The average molecular weight is 283 g/mol. The van der Waals surface area contributed by atoms with Crippen molar-refractivity contribution in [2.24, 2.45) is 5.73 Å². The van der Waals surface area contributed by atoms with Gasteiger partial charge in [0.2, 0.25) is 0 Å². The average Bonchev–Trinajstić information content (AvgIpc) is 2.47. The molecule has 0 saturated carbocycles. The predicted molar refractivity (Wildman–Crippen MR) is 77.2 cm³/mol. The summed E-state index contributed by atoms with van der Waals surface area (Å²) in [6, 6.07) is 9.03. The molecule has 0 bridgehead atoms. The standard InChI is InChI=1S/C13H21N3O2S/c1-15(12-7-3-2-4-8-12)19(17,18)16-10-6-5-9-13(16)11-14/h2-4,7-8,13H,5-6,9-11,14H2,1H3. The minimum absolute atomic E-state index is 0.0788. The first-order valence-corrected chi connectivity index (χ1v) is 7.98. The van der Waals surface area contributed by atoms with Gasteiger partial charge in [-0.05, 0) is 25.0 Å². The SMILES string of the molecule is CN(c1ccccc1)S(=O)(=O)N1CCCCC1CN. The van der Waals surface area contributed by atoms with Crippen LogP contribution in [0.2, 0.25) is 0 Å². The first kappa shape index (κ1) is 14.3. The van der Waals surface area contributed by atoms with Crippen molar-refractivity contribution in [3.05, 3.63) is 30.3 Å². The summed E-state index contributed by atoms with van der Waals surface area (Å²) in [5.74, 6) is 0. The van der Waals surface area contributed by atoms with Gasteiger partial charge in [0, 0.05) is 26.2 Å². The lowest BCUT2D eigenvalue weighted by Gasteiger charge is -2.36. The summed E-state index contributed by atoms with van der Waals surface area (Å²) in [6.07, 6.45) is 2.79. The van der Waals surface area contributed by atoms with Crippen LogP contribution < -0.4 is 10.0 Å². The van der Waals surface area contributed by atoms with E-state index in [1.807, 2.05) is 18.2 Å². The smallest absolute Gasteiger partial charge is 0.304 e. The molecule has 1 aliphatic rings. The lowest BCUT2D eigenvalue weighted by Crippen LogP contribution is -2.52. The molecule has 19 heavy (non-hydrogen) atoms. The molecule has 1 aromatic rings. The van der Waals surface area contributed by atoms with Crippen LogP contribution in [0.3, 0.4) is 0 Å². The molecule has 1 atom stereocenters. The number of nitrogens with zero attached hydrogens (tertiary/aromatic N) is 2. The second-order valence-corrected chi connectivity index (χ2v) is 6.72. The Bertz CT molecular complexity index is 504. The van der Waals surface area contributed by atoms with Gasteiger partial charge in [-0.1, -0.05) is 24.6 Å². The summed E-state index contributed by atoms with van der Waals surface area (Å²) in [6.45, 7) is 0.934. The molecule has 0 amide bonds. The number of para-hydroxylation sites is 1. The fraction of sp³-hybridized carbons (Fsp3) is 0.538. The second kappa shape index (κ2) is 5.90. The van der Waals surface area contributed by atoms with Crippen molar-refractivity contribution in [2.75, 3.05) is 24.4 Å². The molecular weight excluding hydrogens is 262 g/mol. The van der Waals surface area contributed by atoms with E-state index in [9.17, 15) is 8.42 Å². The Morgan fingerprint density at radius 1 is 1.32 bits per heavy atom. The maximum Gasteiger partial charge on any atom is 0.304 e. The number of rotatable bonds is 4. The van der Waals surface area contributed by atoms with E-state index in [1.54, 1.807) is 23.5 Å². The molecule has 1 saturated heterocycles. The van der Waals surface area contributed by atoms with E-state index < -0.39 is 10.2 Å². The predicted octanol–water partition coefficient (Wildman–Crippen LogP) is 1.18. The van der Waals surface area contributed by atoms with Crippen molar-refractivity contribution >= 4 is 15.9 Å². The Hall–Kier alpha value is -1.11. The Kier molecular flexibility index (Phi) is 4.44. The summed E-state index contributed by atoms with van der Waals surface area (Å²) >= 11 is 0. The molecule has 2 rings (SSSR count). The number of piperidine rings is 1. The van der Waals surface area contributed by atoms with Gasteiger partial charge in [0.15, 0.2) is 0 Å². The largest absolute Gasteiger partial charge is 0.329 e. The van der Waals surface area contributed by atoms with E-state index in [2.05, 4.69) is 0 Å². The van der Waals surface area contributed by atoms with E-state index in [4.69, 9.17) is 5.73 Å². The van der Waals surface area contributed by atoms with Crippen LogP contribution in [0.5, 0.6) is 0 Å². The quantitative estimate of drug-likeness (QED) is 0.902. The maximum absolute atomic E-state index is 12.7. The highest BCUT2D eigenvalue weighted by atomic mass is 32.2. The molecule has 6 heteroatoms. The van der Waals surface area contributed by atoms with Gasteiger partial charge in [-0.15, -0.1) is 0 Å². The minimum Gasteiger partial charge on any atom is -0.329 e. The van der Waals surface area contributed by atoms with Gasteiger partial charge >= 0.3 is 10.2 Å². The molecule has 1 fully saturated rings. The van der Waals surface area contributed by atoms with Gasteiger partial charge in [0.1, 0.15) is 0 Å². The maximum atomic E-state index is 12.7. The van der Waals surface area contributed by atoms with Crippen LogP contribution in [-0.4, -0.2) is 38.9 Å². The van der Waals surface area contributed by atoms with Crippen LogP contribution in [0, 0.1) is 0 Å². The zero-order valence-electron chi connectivity index (χ0n) is 11.2. The highest BCUT2D eigenvalue weighted by molar-refractivity contribution is 7.90. The van der Waals surface area contributed by atoms with Gasteiger partial charge < -0.3 is 5.73 Å². The Balaban J connectivity index is 2.26. The zero-order valence-corrected chi connectivity index (χ0v) is 12.0. The highest BCUT2D eigenvalue weighted by Gasteiger charge is 2.34. The molecule has 1 heterocycles. The summed E-state index contributed by atoms with van der Waals surface area (Å²) in [5.41, 5.74) is 6.37. The first-order valence-electron chi connectivity index (χ1n) is 6.58. The lowest BCUT2D eigenvalue weighted by molar-refractivity contribution is 0.257. The minimum atomic E-state index is -3.49. The normalized spacial score (nSPS) is 21.3. The fourth-order valence-electron chi connectivity index (χ4n) is 2.44. The van der Waals surface area contributed by atoms with Crippen LogP contribution >= 0.6 is 0 Å². The Morgan fingerprint density at radius 3 is 2.63 bits per heavy atom. The summed E-state index contributed by atoms with van der Waals surface area (Å²) < 4.78 is 28.2. The van der Waals surface area contributed by atoms with Crippen LogP contribution in [-0.2, 0) is 10.2 Å². The van der Waals surface area contributed by atoms with Crippen LogP contribution in [0.15, 0.2) is 30.3 Å². The molecule has 1 unspecified atom stereocenters. The number of nitrogens with two attached hydrogens (primary N) is 1. The van der Waals surface area contributed by atoms with Crippen molar-refractivity contribution in [3.63, 3.8) is 0 Å². The summed E-state index contributed by atoms with van der Waals surface area (Å²) in [7, 11) is -1.90. The molecule has 0 aromatic heterocycles. The van der Waals surface area contributed by atoms with E-state index in [-0.39, 0.29) is 6.04 Å². The highest BCUT2D eigenvalue weighted by Crippen LogP contribution is 2.24. The molecule has 0 spiro atoms. The Morgan fingerprint density at radius 2 is 2.00 bits per heavy atom. The molecule has 1 aromatic carbocycles. The number of hydrogen-bond donors (Lipinski definition) is 1. The molecule has 106 valence electrons. The third kappa shape index (κ3) is 2.91. The molecule has 2 N–H and O–H groups in total. The van der Waals surface area contributed by atoms with Gasteiger partial charge in [-0.2, -0.15) is 12.7 Å². The van der Waals surface area contributed by atoms with Crippen molar-refractivity contribution in [3.8, 4) is 0 Å². The number of anilines is 1. The van der Waals surface area contributed by atoms with Gasteiger partial charge in [0.05, 0.1) is 5.69 Å². The van der Waals surface area contributed by atoms with E-state index in [0.717, 1.165) is 19.3 Å². The third-order valence-electron chi connectivity index (χ3n) is 3.61. The lowest BCUT2D eigenvalue weighted by atomic mass is 10.1. The monoisotopic (exact) mass is 283 g/mol. The van der Waals surface area contributed by atoms with Crippen molar-refractivity contribution in [1.82, 2.24) is 4.31 Å². The van der Waals surface area contributed by atoms with Crippen LogP contribution in [0.25, 0.3) is 0 Å². The third-order valence-corrected chi connectivity index (χ3v) is 5.58. The molecule has 0 aliphatic carbocycles. The van der Waals surface area contributed by atoms with Gasteiger partial charge in [0.25, 0.3) is 0 Å². The van der Waals surface area contributed by atoms with Crippen molar-refractivity contribution < 1.29 is 8.42 Å². The molecule has 0 radical (unpaired) electrons. The second-order valence-electron chi connectivity index (χ2n) is 4.81. The van der Waals surface area contributed by atoms with E-state index >= 15 is 0 Å². The fourth-order valence-corrected chi connectivity index (χ4v) is 4.07. The zero-order chi connectivity index (χ0) is 13.9. The van der Waals surface area contributed by atoms with Crippen LogP contribution in [0.4, 0.5) is 5.69 Å². The number of hydrogen-bond acceptors (Lipinski definition) is 3. The number of benzene rings is 1. The Labute approximate surface area is 115 Å². The van der Waals surface area contributed by atoms with E-state index in [1.165, 1.54) is 4.31 Å². The topological polar surface area (TPSA) is 66.6 Å². The van der Waals surface area contributed by atoms with Crippen molar-refractivity contribution in [1.29, 1.82) is 0 Å². The molecule has 1 aliphatic heterocycles. The summed E-state index contributed by atoms with van der Waals surface area (Å²) in [5, 5.41) is 0.